The Morgan fingerprint density at radius 3 is 2.22 bits per heavy atom. The van der Waals surface area contributed by atoms with Crippen LogP contribution < -0.4 is 9.80 Å². The van der Waals surface area contributed by atoms with E-state index in [9.17, 15) is 0 Å². The number of hydrogen-bond donors (Lipinski definition) is 0. The van der Waals surface area contributed by atoms with Gasteiger partial charge in [0.15, 0.2) is 0 Å². The largest absolute Gasteiger partial charge is 0.343 e. The number of hydrogen-bond acceptors (Lipinski definition) is 2. The molecule has 0 fully saturated rings. The van der Waals surface area contributed by atoms with Crippen molar-refractivity contribution in [3.05, 3.63) is 66.8 Å². The van der Waals surface area contributed by atoms with Crippen LogP contribution in [0.5, 0.6) is 0 Å². The highest BCUT2D eigenvalue weighted by atomic mass is 15.4. The van der Waals surface area contributed by atoms with Gasteiger partial charge in [-0.25, -0.2) is 0 Å². The van der Waals surface area contributed by atoms with Gasteiger partial charge in [0.25, 0.3) is 0 Å². The highest BCUT2D eigenvalue weighted by Crippen LogP contribution is 2.41. The molecule has 0 saturated carbocycles. The predicted molar refractivity (Wildman–Crippen MR) is 75.4 cm³/mol. The molecule has 2 heteroatoms. The van der Waals surface area contributed by atoms with Crippen LogP contribution in [0.3, 0.4) is 0 Å². The first kappa shape index (κ1) is 11.1. The molecule has 0 saturated heterocycles. The van der Waals surface area contributed by atoms with Crippen molar-refractivity contribution in [3.8, 4) is 0 Å². The topological polar surface area (TPSA) is 6.48 Å². The summed E-state index contributed by atoms with van der Waals surface area (Å²) in [6.07, 6.45) is 0. The van der Waals surface area contributed by atoms with Gasteiger partial charge < -0.3 is 9.80 Å². The summed E-state index contributed by atoms with van der Waals surface area (Å²) in [5.41, 5.74) is 3.73. The molecule has 1 aliphatic rings. The van der Waals surface area contributed by atoms with E-state index in [-0.39, 0.29) is 6.04 Å². The summed E-state index contributed by atoms with van der Waals surface area (Å²) in [5, 5.41) is 0. The second-order valence-electron chi connectivity index (χ2n) is 4.60. The molecule has 1 atom stereocenters. The Morgan fingerprint density at radius 2 is 1.50 bits per heavy atom. The third kappa shape index (κ3) is 1.74. The Hall–Kier alpha value is -1.96. The second-order valence-corrected chi connectivity index (χ2v) is 4.60. The Balaban J connectivity index is 1.96. The van der Waals surface area contributed by atoms with Crippen molar-refractivity contribution in [1.29, 1.82) is 0 Å². The van der Waals surface area contributed by atoms with E-state index in [1.807, 2.05) is 13.1 Å². The smallest absolute Gasteiger partial charge is 0.209 e. The van der Waals surface area contributed by atoms with E-state index in [0.29, 0.717) is 0 Å². The average molecular weight is 236 g/mol. The van der Waals surface area contributed by atoms with Crippen molar-refractivity contribution < 1.29 is 0 Å². The molecule has 0 amide bonds. The van der Waals surface area contributed by atoms with Crippen molar-refractivity contribution in [2.75, 3.05) is 16.8 Å². The minimum absolute atomic E-state index is 0.289. The number of anilines is 2. The van der Waals surface area contributed by atoms with Gasteiger partial charge >= 0.3 is 0 Å². The molecule has 3 rings (SSSR count). The van der Waals surface area contributed by atoms with Crippen molar-refractivity contribution >= 4 is 11.4 Å². The quantitative estimate of drug-likeness (QED) is 0.784. The minimum Gasteiger partial charge on any atom is -0.343 e. The highest BCUT2D eigenvalue weighted by molar-refractivity contribution is 5.78. The van der Waals surface area contributed by atoms with E-state index >= 15 is 0 Å². The zero-order valence-electron chi connectivity index (χ0n) is 10.7. The normalized spacial score (nSPS) is 15.7. The fourth-order valence-electron chi connectivity index (χ4n) is 2.40. The molecule has 18 heavy (non-hydrogen) atoms. The third-order valence-corrected chi connectivity index (χ3v) is 3.43. The van der Waals surface area contributed by atoms with E-state index in [1.54, 1.807) is 0 Å². The molecule has 2 aromatic carbocycles. The van der Waals surface area contributed by atoms with Crippen LogP contribution in [0.1, 0.15) is 18.5 Å². The minimum atomic E-state index is 0.289. The predicted octanol–water partition coefficient (Wildman–Crippen LogP) is 3.70. The third-order valence-electron chi connectivity index (χ3n) is 3.43. The fourth-order valence-corrected chi connectivity index (χ4v) is 2.40. The monoisotopic (exact) mass is 236 g/mol. The van der Waals surface area contributed by atoms with Crippen molar-refractivity contribution in [3.63, 3.8) is 0 Å². The second kappa shape index (κ2) is 4.37. The molecular formula is C16H16N2. The van der Waals surface area contributed by atoms with Crippen LogP contribution in [0.2, 0.25) is 0 Å². The molecule has 0 N–H and O–H groups in total. The van der Waals surface area contributed by atoms with Gasteiger partial charge in [-0.15, -0.1) is 0 Å². The van der Waals surface area contributed by atoms with Crippen LogP contribution in [-0.2, 0) is 0 Å². The van der Waals surface area contributed by atoms with Gasteiger partial charge in [0.1, 0.15) is 0 Å². The van der Waals surface area contributed by atoms with Gasteiger partial charge in [-0.05, 0) is 24.6 Å². The van der Waals surface area contributed by atoms with Gasteiger partial charge in [0, 0.05) is 7.05 Å². The molecule has 1 heterocycles. The molecular weight excluding hydrogens is 220 g/mol. The SMILES string of the molecule is CC(c1ccccc1)N1[C]N(C)c2ccccc21. The first-order valence-electron chi connectivity index (χ1n) is 6.20. The Morgan fingerprint density at radius 1 is 0.889 bits per heavy atom. The standard InChI is InChI=1S/C16H16N2/c1-13(14-8-4-3-5-9-14)18-12-17(2)15-10-6-7-11-16(15)18/h3-11,13H,1-2H3. The van der Waals surface area contributed by atoms with E-state index in [0.717, 1.165) is 0 Å². The van der Waals surface area contributed by atoms with Crippen molar-refractivity contribution in [2.45, 2.75) is 13.0 Å². The van der Waals surface area contributed by atoms with Crippen molar-refractivity contribution in [2.24, 2.45) is 0 Å². The molecule has 0 aliphatic carbocycles. The number of para-hydroxylation sites is 2. The zero-order chi connectivity index (χ0) is 12.5. The molecule has 2 nitrogen and oxygen atoms in total. The molecule has 1 unspecified atom stereocenters. The number of nitrogens with zero attached hydrogens (tertiary/aromatic N) is 2. The first-order valence-corrected chi connectivity index (χ1v) is 6.20. The average Bonchev–Trinajstić information content (AvgIpc) is 2.77. The molecule has 2 radical (unpaired) electrons. The Bertz CT molecular complexity index is 536. The highest BCUT2D eigenvalue weighted by Gasteiger charge is 2.28. The van der Waals surface area contributed by atoms with Crippen LogP contribution in [0.25, 0.3) is 0 Å². The molecule has 0 spiro atoms. The van der Waals surface area contributed by atoms with Gasteiger partial charge in [-0.2, -0.15) is 0 Å². The summed E-state index contributed by atoms with van der Waals surface area (Å²) in [6, 6.07) is 19.2. The van der Waals surface area contributed by atoms with Crippen LogP contribution in [0.4, 0.5) is 11.4 Å². The Labute approximate surface area is 108 Å². The number of fused-ring (bicyclic) bond motifs is 1. The molecule has 2 aromatic rings. The molecule has 0 aromatic heterocycles. The summed E-state index contributed by atoms with van der Waals surface area (Å²) in [5.74, 6) is 0. The lowest BCUT2D eigenvalue weighted by Crippen LogP contribution is -2.25. The van der Waals surface area contributed by atoms with Crippen LogP contribution in [-0.4, -0.2) is 7.05 Å². The summed E-state index contributed by atoms with van der Waals surface area (Å²) in [6.45, 7) is 5.59. The zero-order valence-corrected chi connectivity index (χ0v) is 10.7. The van der Waals surface area contributed by atoms with Crippen molar-refractivity contribution in [1.82, 2.24) is 0 Å². The maximum absolute atomic E-state index is 3.38. The number of benzene rings is 2. The summed E-state index contributed by atoms with van der Waals surface area (Å²) < 4.78 is 0. The van der Waals surface area contributed by atoms with E-state index in [2.05, 4.69) is 71.9 Å². The summed E-state index contributed by atoms with van der Waals surface area (Å²) >= 11 is 0. The van der Waals surface area contributed by atoms with E-state index in [1.165, 1.54) is 16.9 Å². The molecule has 90 valence electrons. The van der Waals surface area contributed by atoms with Gasteiger partial charge in [0.2, 0.25) is 6.67 Å². The van der Waals surface area contributed by atoms with Gasteiger partial charge in [-0.1, -0.05) is 42.5 Å². The number of rotatable bonds is 2. The fraction of sp³-hybridized carbons (Fsp3) is 0.188. The van der Waals surface area contributed by atoms with E-state index < -0.39 is 0 Å². The van der Waals surface area contributed by atoms with Gasteiger partial charge in [0.05, 0.1) is 17.4 Å². The lowest BCUT2D eigenvalue weighted by molar-refractivity contribution is 0.739. The van der Waals surface area contributed by atoms with E-state index in [4.69, 9.17) is 0 Å². The molecule has 1 aliphatic heterocycles. The maximum atomic E-state index is 3.38. The lowest BCUT2D eigenvalue weighted by Gasteiger charge is -2.25. The summed E-state index contributed by atoms with van der Waals surface area (Å²) in [4.78, 5) is 4.25. The lowest BCUT2D eigenvalue weighted by atomic mass is 10.1. The van der Waals surface area contributed by atoms with Gasteiger partial charge in [-0.3, -0.25) is 0 Å². The van der Waals surface area contributed by atoms with Crippen LogP contribution >= 0.6 is 0 Å². The summed E-state index contributed by atoms with van der Waals surface area (Å²) in [7, 11) is 2.04. The Kier molecular flexibility index (Phi) is 2.71. The first-order chi connectivity index (χ1) is 8.77. The van der Waals surface area contributed by atoms with Crippen LogP contribution in [0, 0.1) is 6.67 Å². The van der Waals surface area contributed by atoms with Crippen LogP contribution in [0.15, 0.2) is 54.6 Å². The maximum Gasteiger partial charge on any atom is 0.209 e. The molecule has 0 bridgehead atoms.